The zero-order valence-electron chi connectivity index (χ0n) is 26.1. The lowest BCUT2D eigenvalue weighted by Crippen LogP contribution is -2.63. The molecule has 0 aromatic heterocycles. The normalized spacial score (nSPS) is 44.5. The highest BCUT2D eigenvalue weighted by Gasteiger charge is 2.67. The minimum absolute atomic E-state index is 0.117. The SMILES string of the molecule is C[C@H](O[Si](C)(C)C)[C@@]1(O[Si](C)(C)C)CCC2C3CC[C@@H]4C[C@H](O[Si](C)(C)C)CC[C@]4(C)C3CC[C@@]21C. The summed E-state index contributed by atoms with van der Waals surface area (Å²) < 4.78 is 20.9. The maximum atomic E-state index is 7.36. The van der Waals surface area contributed by atoms with Gasteiger partial charge in [0.05, 0.1) is 11.7 Å². The van der Waals surface area contributed by atoms with E-state index in [2.05, 4.69) is 79.7 Å². The zero-order valence-corrected chi connectivity index (χ0v) is 29.1. The second-order valence-corrected chi connectivity index (χ2v) is 30.1. The Morgan fingerprint density at radius 1 is 0.694 bits per heavy atom. The summed E-state index contributed by atoms with van der Waals surface area (Å²) in [4.78, 5) is 0. The molecule has 36 heavy (non-hydrogen) atoms. The lowest BCUT2D eigenvalue weighted by atomic mass is 9.44. The van der Waals surface area contributed by atoms with Crippen LogP contribution < -0.4 is 0 Å². The summed E-state index contributed by atoms with van der Waals surface area (Å²) in [5.41, 5.74) is 0.623. The highest BCUT2D eigenvalue weighted by molar-refractivity contribution is 6.70. The van der Waals surface area contributed by atoms with Crippen LogP contribution in [-0.2, 0) is 13.3 Å². The Morgan fingerprint density at radius 2 is 1.33 bits per heavy atom. The first-order chi connectivity index (χ1) is 16.3. The van der Waals surface area contributed by atoms with Gasteiger partial charge in [0, 0.05) is 11.5 Å². The molecule has 0 bridgehead atoms. The third kappa shape index (κ3) is 5.43. The molecule has 0 heterocycles. The van der Waals surface area contributed by atoms with Crippen molar-refractivity contribution in [1.82, 2.24) is 0 Å². The van der Waals surface area contributed by atoms with E-state index in [1.54, 1.807) is 0 Å². The molecule has 0 aromatic rings. The molecule has 4 aliphatic carbocycles. The Labute approximate surface area is 227 Å². The minimum Gasteiger partial charge on any atom is -0.415 e. The Bertz CT molecular complexity index is 799. The van der Waals surface area contributed by atoms with Crippen molar-refractivity contribution in [3.63, 3.8) is 0 Å². The summed E-state index contributed by atoms with van der Waals surface area (Å²) in [5.74, 6) is 3.40. The van der Waals surface area contributed by atoms with Gasteiger partial charge in [-0.15, -0.1) is 0 Å². The smallest absolute Gasteiger partial charge is 0.184 e. The summed E-state index contributed by atoms with van der Waals surface area (Å²) >= 11 is 0. The first-order valence-corrected chi connectivity index (χ1v) is 25.6. The Balaban J connectivity index is 1.59. The lowest BCUT2D eigenvalue weighted by Gasteiger charge is -2.63. The summed E-state index contributed by atoms with van der Waals surface area (Å²) in [6, 6.07) is 0. The van der Waals surface area contributed by atoms with Gasteiger partial charge in [0.1, 0.15) is 0 Å². The summed E-state index contributed by atoms with van der Waals surface area (Å²) in [6.07, 6.45) is 12.8. The van der Waals surface area contributed by atoms with Crippen molar-refractivity contribution < 1.29 is 13.3 Å². The topological polar surface area (TPSA) is 27.7 Å². The summed E-state index contributed by atoms with van der Waals surface area (Å²) in [6.45, 7) is 29.0. The molecule has 210 valence electrons. The quantitative estimate of drug-likeness (QED) is 0.295. The molecule has 0 radical (unpaired) electrons. The predicted octanol–water partition coefficient (Wildman–Crippen LogP) is 9.08. The van der Waals surface area contributed by atoms with Crippen LogP contribution in [0.4, 0.5) is 0 Å². The second kappa shape index (κ2) is 9.57. The molecule has 0 aromatic carbocycles. The molecule has 4 rings (SSSR count). The van der Waals surface area contributed by atoms with Crippen LogP contribution in [0.15, 0.2) is 0 Å². The molecule has 6 heteroatoms. The van der Waals surface area contributed by atoms with Gasteiger partial charge in [-0.2, -0.15) is 0 Å². The summed E-state index contributed by atoms with van der Waals surface area (Å²) in [7, 11) is -4.88. The molecule has 4 saturated carbocycles. The van der Waals surface area contributed by atoms with Crippen molar-refractivity contribution in [2.24, 2.45) is 34.5 Å². The van der Waals surface area contributed by atoms with Crippen molar-refractivity contribution in [2.45, 2.75) is 155 Å². The van der Waals surface area contributed by atoms with E-state index in [0.29, 0.717) is 11.5 Å². The van der Waals surface area contributed by atoms with E-state index < -0.39 is 25.0 Å². The van der Waals surface area contributed by atoms with Gasteiger partial charge < -0.3 is 13.3 Å². The van der Waals surface area contributed by atoms with E-state index in [4.69, 9.17) is 13.3 Å². The van der Waals surface area contributed by atoms with Crippen molar-refractivity contribution in [3.8, 4) is 0 Å². The largest absolute Gasteiger partial charge is 0.415 e. The molecule has 4 aliphatic rings. The molecular formula is C30H60O3Si3. The molecule has 0 N–H and O–H groups in total. The molecule has 3 unspecified atom stereocenters. The Kier molecular flexibility index (Phi) is 7.85. The second-order valence-electron chi connectivity index (χ2n) is 16.8. The van der Waals surface area contributed by atoms with Crippen molar-refractivity contribution in [2.75, 3.05) is 0 Å². The van der Waals surface area contributed by atoms with E-state index in [1.165, 1.54) is 57.8 Å². The molecule has 9 atom stereocenters. The van der Waals surface area contributed by atoms with E-state index in [9.17, 15) is 0 Å². The van der Waals surface area contributed by atoms with Crippen LogP contribution in [0, 0.1) is 34.5 Å². The van der Waals surface area contributed by atoms with Gasteiger partial charge in [-0.1, -0.05) is 13.8 Å². The average molecular weight is 553 g/mol. The van der Waals surface area contributed by atoms with Crippen LogP contribution >= 0.6 is 0 Å². The maximum absolute atomic E-state index is 7.36. The van der Waals surface area contributed by atoms with E-state index in [-0.39, 0.29) is 17.1 Å². The number of rotatable bonds is 7. The number of hydrogen-bond acceptors (Lipinski definition) is 3. The maximum Gasteiger partial charge on any atom is 0.184 e. The van der Waals surface area contributed by atoms with Crippen molar-refractivity contribution in [3.05, 3.63) is 0 Å². The zero-order chi connectivity index (χ0) is 26.9. The van der Waals surface area contributed by atoms with Crippen LogP contribution in [0.2, 0.25) is 58.9 Å². The highest BCUT2D eigenvalue weighted by atomic mass is 28.4. The third-order valence-electron chi connectivity index (χ3n) is 11.0. The van der Waals surface area contributed by atoms with Gasteiger partial charge in [0.15, 0.2) is 25.0 Å². The van der Waals surface area contributed by atoms with E-state index in [0.717, 1.165) is 23.7 Å². The Morgan fingerprint density at radius 3 is 1.92 bits per heavy atom. The first-order valence-electron chi connectivity index (χ1n) is 15.4. The predicted molar refractivity (Wildman–Crippen MR) is 161 cm³/mol. The Hall–Kier alpha value is 0.531. The number of fused-ring (bicyclic) bond motifs is 5. The van der Waals surface area contributed by atoms with Crippen molar-refractivity contribution in [1.29, 1.82) is 0 Å². The summed E-state index contributed by atoms with van der Waals surface area (Å²) in [5, 5.41) is 0. The molecule has 0 amide bonds. The third-order valence-corrected chi connectivity index (χ3v) is 14.1. The van der Waals surface area contributed by atoms with Crippen LogP contribution in [0.25, 0.3) is 0 Å². The van der Waals surface area contributed by atoms with Crippen LogP contribution in [0.5, 0.6) is 0 Å². The van der Waals surface area contributed by atoms with Crippen molar-refractivity contribution >= 4 is 25.0 Å². The molecule has 3 nitrogen and oxygen atoms in total. The van der Waals surface area contributed by atoms with Crippen LogP contribution in [-0.4, -0.2) is 42.8 Å². The molecule has 4 fully saturated rings. The van der Waals surface area contributed by atoms with Crippen LogP contribution in [0.3, 0.4) is 0 Å². The molecular weight excluding hydrogens is 493 g/mol. The fourth-order valence-corrected chi connectivity index (χ4v) is 14.0. The van der Waals surface area contributed by atoms with Gasteiger partial charge in [-0.25, -0.2) is 0 Å². The fraction of sp³-hybridized carbons (Fsp3) is 1.00. The van der Waals surface area contributed by atoms with Gasteiger partial charge in [0.25, 0.3) is 0 Å². The van der Waals surface area contributed by atoms with E-state index in [1.807, 2.05) is 0 Å². The standard InChI is InChI=1S/C30H60O3Si3/c1-22(31-34(4,5)6)30(33-36(10,11)12)20-17-27-25-14-13-23-21-24(32-35(7,8)9)15-18-28(23,2)26(25)16-19-29(27,30)3/h22-27H,13-21H2,1-12H3/t22-,23+,24+,25?,26?,27?,28-,29-,30-/m0/s1. The van der Waals surface area contributed by atoms with Crippen LogP contribution in [0.1, 0.15) is 78.6 Å². The average Bonchev–Trinajstić information content (AvgIpc) is 2.98. The molecule has 0 spiro atoms. The van der Waals surface area contributed by atoms with Gasteiger partial charge in [-0.3, -0.25) is 0 Å². The van der Waals surface area contributed by atoms with Gasteiger partial charge in [0.2, 0.25) is 0 Å². The van der Waals surface area contributed by atoms with Gasteiger partial charge in [-0.05, 0) is 153 Å². The molecule has 0 saturated heterocycles. The lowest BCUT2D eigenvalue weighted by molar-refractivity contribution is -0.175. The highest BCUT2D eigenvalue weighted by Crippen LogP contribution is 2.70. The monoisotopic (exact) mass is 552 g/mol. The van der Waals surface area contributed by atoms with Gasteiger partial charge >= 0.3 is 0 Å². The molecule has 0 aliphatic heterocycles. The fourth-order valence-electron chi connectivity index (χ4n) is 9.95. The minimum atomic E-state index is -1.75. The number of hydrogen-bond donors (Lipinski definition) is 0. The first kappa shape index (κ1) is 29.5. The van der Waals surface area contributed by atoms with E-state index >= 15 is 0 Å².